The summed E-state index contributed by atoms with van der Waals surface area (Å²) in [5.41, 5.74) is 7.12. The molecule has 0 bridgehead atoms. The monoisotopic (exact) mass is 376 g/mol. The van der Waals surface area contributed by atoms with Crippen LogP contribution >= 0.6 is 23.2 Å². The topological polar surface area (TPSA) is 94.0 Å². The second kappa shape index (κ2) is 7.23. The summed E-state index contributed by atoms with van der Waals surface area (Å²) >= 11 is 12.0. The number of hydrogen-bond donors (Lipinski definition) is 2. The Kier molecular flexibility index (Phi) is 5.03. The SMILES string of the molecule is Nc1nccc(-c2ccn([C@H](CO)c3ccc(Cl)c(Cl)c3)c(=O)c2)n1. The van der Waals surface area contributed by atoms with Gasteiger partial charge in [-0.2, -0.15) is 0 Å². The van der Waals surface area contributed by atoms with Crippen LogP contribution in [0, 0.1) is 0 Å². The number of nitrogen functional groups attached to an aromatic ring is 1. The Labute approximate surface area is 153 Å². The van der Waals surface area contributed by atoms with Crippen molar-refractivity contribution >= 4 is 29.2 Å². The van der Waals surface area contributed by atoms with Gasteiger partial charge in [0.05, 0.1) is 28.4 Å². The van der Waals surface area contributed by atoms with E-state index in [1.165, 1.54) is 16.8 Å². The van der Waals surface area contributed by atoms with E-state index in [9.17, 15) is 9.90 Å². The van der Waals surface area contributed by atoms with Crippen molar-refractivity contribution in [1.29, 1.82) is 0 Å². The zero-order valence-electron chi connectivity index (χ0n) is 12.9. The number of aromatic nitrogens is 3. The fourth-order valence-electron chi connectivity index (χ4n) is 2.51. The van der Waals surface area contributed by atoms with Crippen molar-refractivity contribution in [2.75, 3.05) is 12.3 Å². The fraction of sp³-hybridized carbons (Fsp3) is 0.118. The molecule has 0 saturated heterocycles. The summed E-state index contributed by atoms with van der Waals surface area (Å²) in [6.45, 7) is -0.266. The molecule has 1 aromatic carbocycles. The van der Waals surface area contributed by atoms with Crippen molar-refractivity contribution in [2.45, 2.75) is 6.04 Å². The molecule has 0 aliphatic carbocycles. The molecule has 3 rings (SSSR count). The van der Waals surface area contributed by atoms with Crippen molar-refractivity contribution < 1.29 is 5.11 Å². The Hall–Kier alpha value is -2.41. The van der Waals surface area contributed by atoms with Gasteiger partial charge >= 0.3 is 0 Å². The van der Waals surface area contributed by atoms with E-state index in [-0.39, 0.29) is 18.1 Å². The fourth-order valence-corrected chi connectivity index (χ4v) is 2.82. The zero-order chi connectivity index (χ0) is 18.0. The number of benzene rings is 1. The number of nitrogens with zero attached hydrogens (tertiary/aromatic N) is 3. The van der Waals surface area contributed by atoms with Crippen molar-refractivity contribution in [3.8, 4) is 11.3 Å². The molecular formula is C17H14Cl2N4O2. The van der Waals surface area contributed by atoms with Crippen molar-refractivity contribution in [1.82, 2.24) is 14.5 Å². The van der Waals surface area contributed by atoms with E-state index in [1.807, 2.05) is 0 Å². The van der Waals surface area contributed by atoms with Crippen LogP contribution in [0.25, 0.3) is 11.3 Å². The minimum absolute atomic E-state index is 0.130. The van der Waals surface area contributed by atoms with Crippen LogP contribution in [0.3, 0.4) is 0 Å². The lowest BCUT2D eigenvalue weighted by atomic mass is 10.1. The Morgan fingerprint density at radius 3 is 2.60 bits per heavy atom. The van der Waals surface area contributed by atoms with E-state index < -0.39 is 6.04 Å². The Morgan fingerprint density at radius 2 is 1.96 bits per heavy atom. The molecule has 25 heavy (non-hydrogen) atoms. The van der Waals surface area contributed by atoms with Gasteiger partial charge < -0.3 is 15.4 Å². The minimum atomic E-state index is -0.577. The Bertz CT molecular complexity index is 975. The maximum atomic E-state index is 12.5. The third-order valence-electron chi connectivity index (χ3n) is 3.76. The molecule has 128 valence electrons. The lowest BCUT2D eigenvalue weighted by molar-refractivity contribution is 0.247. The molecule has 0 amide bonds. The molecule has 0 spiro atoms. The van der Waals surface area contributed by atoms with Gasteiger partial charge in [-0.05, 0) is 29.8 Å². The quantitative estimate of drug-likeness (QED) is 0.729. The van der Waals surface area contributed by atoms with Crippen LogP contribution in [-0.2, 0) is 0 Å². The van der Waals surface area contributed by atoms with Crippen molar-refractivity contribution in [3.05, 3.63) is 74.8 Å². The summed E-state index contributed by atoms with van der Waals surface area (Å²) in [4.78, 5) is 20.5. The molecule has 0 fully saturated rings. The normalized spacial score (nSPS) is 12.1. The van der Waals surface area contributed by atoms with Gasteiger partial charge in [0.25, 0.3) is 5.56 Å². The number of anilines is 1. The molecule has 3 aromatic rings. The highest BCUT2D eigenvalue weighted by Gasteiger charge is 2.16. The van der Waals surface area contributed by atoms with Crippen LogP contribution in [0.2, 0.25) is 10.0 Å². The van der Waals surface area contributed by atoms with E-state index in [1.54, 1.807) is 36.5 Å². The van der Waals surface area contributed by atoms with E-state index in [0.29, 0.717) is 26.9 Å². The van der Waals surface area contributed by atoms with Gasteiger partial charge in [0.15, 0.2) is 0 Å². The van der Waals surface area contributed by atoms with Crippen molar-refractivity contribution in [3.63, 3.8) is 0 Å². The number of nitrogens with two attached hydrogens (primary N) is 1. The summed E-state index contributed by atoms with van der Waals surface area (Å²) in [6.07, 6.45) is 3.12. The van der Waals surface area contributed by atoms with Crippen LogP contribution in [0.1, 0.15) is 11.6 Å². The smallest absolute Gasteiger partial charge is 0.251 e. The first-order valence-corrected chi connectivity index (χ1v) is 8.12. The zero-order valence-corrected chi connectivity index (χ0v) is 14.4. The maximum absolute atomic E-state index is 12.5. The molecule has 2 aromatic heterocycles. The number of aliphatic hydroxyl groups is 1. The lowest BCUT2D eigenvalue weighted by Crippen LogP contribution is -2.26. The Morgan fingerprint density at radius 1 is 1.16 bits per heavy atom. The minimum Gasteiger partial charge on any atom is -0.394 e. The summed E-state index contributed by atoms with van der Waals surface area (Å²) in [5, 5.41) is 10.5. The van der Waals surface area contributed by atoms with Gasteiger partial charge in [-0.25, -0.2) is 9.97 Å². The highest BCUT2D eigenvalue weighted by molar-refractivity contribution is 6.42. The molecule has 0 radical (unpaired) electrons. The highest BCUT2D eigenvalue weighted by Crippen LogP contribution is 2.27. The summed E-state index contributed by atoms with van der Waals surface area (Å²) in [7, 11) is 0. The second-order valence-corrected chi connectivity index (χ2v) is 6.15. The van der Waals surface area contributed by atoms with E-state index in [4.69, 9.17) is 28.9 Å². The van der Waals surface area contributed by atoms with Crippen LogP contribution in [-0.4, -0.2) is 26.2 Å². The number of pyridine rings is 1. The average Bonchev–Trinajstić information content (AvgIpc) is 2.60. The van der Waals surface area contributed by atoms with Gasteiger partial charge in [0.2, 0.25) is 5.95 Å². The van der Waals surface area contributed by atoms with E-state index in [0.717, 1.165) is 0 Å². The van der Waals surface area contributed by atoms with Gasteiger partial charge in [-0.3, -0.25) is 4.79 Å². The van der Waals surface area contributed by atoms with Crippen molar-refractivity contribution in [2.24, 2.45) is 0 Å². The Balaban J connectivity index is 2.01. The molecule has 0 saturated carbocycles. The molecule has 1 atom stereocenters. The van der Waals surface area contributed by atoms with Gasteiger partial charge in [-0.15, -0.1) is 0 Å². The molecule has 2 heterocycles. The van der Waals surface area contributed by atoms with E-state index >= 15 is 0 Å². The molecule has 0 aliphatic heterocycles. The summed E-state index contributed by atoms with van der Waals surface area (Å²) in [6, 6.07) is 9.23. The predicted molar refractivity (Wildman–Crippen MR) is 97.8 cm³/mol. The molecular weight excluding hydrogens is 363 g/mol. The third-order valence-corrected chi connectivity index (χ3v) is 4.49. The highest BCUT2D eigenvalue weighted by atomic mass is 35.5. The van der Waals surface area contributed by atoms with Crippen LogP contribution in [0.5, 0.6) is 0 Å². The second-order valence-electron chi connectivity index (χ2n) is 5.33. The molecule has 0 aliphatic rings. The summed E-state index contributed by atoms with van der Waals surface area (Å²) < 4.78 is 1.42. The number of rotatable bonds is 4. The van der Waals surface area contributed by atoms with E-state index in [2.05, 4.69) is 9.97 Å². The number of hydrogen-bond acceptors (Lipinski definition) is 5. The molecule has 3 N–H and O–H groups in total. The molecule has 8 heteroatoms. The first kappa shape index (κ1) is 17.4. The van der Waals surface area contributed by atoms with Gasteiger partial charge in [-0.1, -0.05) is 29.3 Å². The summed E-state index contributed by atoms with van der Waals surface area (Å²) in [5.74, 6) is 0.130. The van der Waals surface area contributed by atoms with Gasteiger partial charge in [0, 0.05) is 24.0 Å². The number of halogens is 2. The lowest BCUT2D eigenvalue weighted by Gasteiger charge is -2.19. The number of aliphatic hydroxyl groups excluding tert-OH is 1. The molecule has 6 nitrogen and oxygen atoms in total. The van der Waals surface area contributed by atoms with Crippen LogP contribution in [0.15, 0.2) is 53.6 Å². The average molecular weight is 377 g/mol. The molecule has 0 unspecified atom stereocenters. The first-order valence-electron chi connectivity index (χ1n) is 7.36. The standard InChI is InChI=1S/C17H14Cl2N4O2/c18-12-2-1-11(7-13(12)19)15(9-24)23-6-4-10(8-16(23)25)14-3-5-21-17(20)22-14/h1-8,15,24H,9H2,(H2,20,21,22)/t15-/m1/s1. The van der Waals surface area contributed by atoms with Crippen LogP contribution in [0.4, 0.5) is 5.95 Å². The van der Waals surface area contributed by atoms with Crippen LogP contribution < -0.4 is 11.3 Å². The van der Waals surface area contributed by atoms with Gasteiger partial charge in [0.1, 0.15) is 0 Å². The largest absolute Gasteiger partial charge is 0.394 e. The maximum Gasteiger partial charge on any atom is 0.251 e. The first-order chi connectivity index (χ1) is 12.0. The predicted octanol–water partition coefficient (Wildman–Crippen LogP) is 2.78. The third kappa shape index (κ3) is 3.66.